The molecule has 0 heterocycles. The van der Waals surface area contributed by atoms with Crippen molar-refractivity contribution in [1.29, 1.82) is 0 Å². The summed E-state index contributed by atoms with van der Waals surface area (Å²) in [4.78, 5) is 17.6. The smallest absolute Gasteiger partial charge is 0.269 e. The van der Waals surface area contributed by atoms with Crippen molar-refractivity contribution in [3.8, 4) is 0 Å². The number of carbonyl (C=O) groups excluding carboxylic acids is 1. The van der Waals surface area contributed by atoms with Crippen LogP contribution in [0.5, 0.6) is 0 Å². The van der Waals surface area contributed by atoms with Crippen LogP contribution >= 0.6 is 0 Å². The molecule has 0 atom stereocenters. The second-order valence-corrected chi connectivity index (χ2v) is 8.51. The van der Waals surface area contributed by atoms with Crippen molar-refractivity contribution >= 4 is 21.6 Å². The molecule has 3 aromatic rings. The van der Waals surface area contributed by atoms with E-state index in [4.69, 9.17) is 4.84 Å². The minimum Gasteiger partial charge on any atom is -0.269 e. The zero-order valence-electron chi connectivity index (χ0n) is 16.2. The van der Waals surface area contributed by atoms with Gasteiger partial charge < -0.3 is 0 Å². The highest BCUT2D eigenvalue weighted by Gasteiger charge is 2.21. The lowest BCUT2D eigenvalue weighted by molar-refractivity contribution is 0.0233. The predicted molar refractivity (Wildman–Crippen MR) is 112 cm³/mol. The Balaban J connectivity index is 1.64. The molecule has 6 nitrogen and oxygen atoms in total. The second-order valence-electron chi connectivity index (χ2n) is 6.54. The monoisotopic (exact) mass is 410 g/mol. The Morgan fingerprint density at radius 2 is 1.55 bits per heavy atom. The number of aryl methyl sites for hydroxylation is 1. The summed E-state index contributed by atoms with van der Waals surface area (Å²) in [5, 5.41) is 0. The number of nitrogens with one attached hydrogen (secondary N) is 1. The van der Waals surface area contributed by atoms with Gasteiger partial charge in [-0.25, -0.2) is 13.9 Å². The number of amides is 1. The average Bonchev–Trinajstić information content (AvgIpc) is 2.74. The van der Waals surface area contributed by atoms with E-state index in [1.165, 1.54) is 11.4 Å². The molecule has 0 saturated heterocycles. The first-order chi connectivity index (χ1) is 13.9. The fourth-order valence-corrected chi connectivity index (χ4v) is 3.84. The summed E-state index contributed by atoms with van der Waals surface area (Å²) >= 11 is 0. The fourth-order valence-electron chi connectivity index (χ4n) is 2.65. The first-order valence-corrected chi connectivity index (χ1v) is 10.4. The number of anilines is 1. The summed E-state index contributed by atoms with van der Waals surface area (Å²) in [6.07, 6.45) is 0. The lowest BCUT2D eigenvalue weighted by Crippen LogP contribution is -2.27. The van der Waals surface area contributed by atoms with E-state index in [1.807, 2.05) is 37.3 Å². The number of rotatable bonds is 7. The lowest BCUT2D eigenvalue weighted by Gasteiger charge is -2.20. The number of sulfonamides is 1. The van der Waals surface area contributed by atoms with Crippen molar-refractivity contribution in [2.45, 2.75) is 18.4 Å². The van der Waals surface area contributed by atoms with Crippen LogP contribution in [0.3, 0.4) is 0 Å². The van der Waals surface area contributed by atoms with E-state index in [0.717, 1.165) is 11.1 Å². The quantitative estimate of drug-likeness (QED) is 0.603. The van der Waals surface area contributed by atoms with Crippen LogP contribution in [0.2, 0.25) is 0 Å². The Morgan fingerprint density at radius 1 is 0.931 bits per heavy atom. The summed E-state index contributed by atoms with van der Waals surface area (Å²) in [6.45, 7) is 2.15. The summed E-state index contributed by atoms with van der Waals surface area (Å²) in [7, 11) is -2.20. The van der Waals surface area contributed by atoms with Crippen molar-refractivity contribution < 1.29 is 18.0 Å². The molecule has 0 spiro atoms. The summed E-state index contributed by atoms with van der Waals surface area (Å²) < 4.78 is 26.7. The maximum absolute atomic E-state index is 12.8. The van der Waals surface area contributed by atoms with Crippen molar-refractivity contribution in [3.05, 3.63) is 95.6 Å². The Kier molecular flexibility index (Phi) is 6.31. The van der Waals surface area contributed by atoms with Crippen LogP contribution in [0.15, 0.2) is 83.8 Å². The van der Waals surface area contributed by atoms with Crippen LogP contribution in [0.4, 0.5) is 5.69 Å². The Bertz CT molecular complexity index is 1060. The van der Waals surface area contributed by atoms with Gasteiger partial charge in [0, 0.05) is 12.6 Å². The van der Waals surface area contributed by atoms with Crippen LogP contribution in [-0.4, -0.2) is 21.4 Å². The van der Waals surface area contributed by atoms with Crippen molar-refractivity contribution in [1.82, 2.24) is 5.48 Å². The maximum Gasteiger partial charge on any atom is 0.274 e. The highest BCUT2D eigenvalue weighted by molar-refractivity contribution is 7.92. The molecule has 0 aliphatic carbocycles. The largest absolute Gasteiger partial charge is 0.274 e. The van der Waals surface area contributed by atoms with E-state index in [9.17, 15) is 13.2 Å². The minimum absolute atomic E-state index is 0.210. The van der Waals surface area contributed by atoms with Crippen molar-refractivity contribution in [2.24, 2.45) is 0 Å². The molecule has 3 aromatic carbocycles. The van der Waals surface area contributed by atoms with Gasteiger partial charge in [-0.3, -0.25) is 13.9 Å². The van der Waals surface area contributed by atoms with E-state index < -0.39 is 15.9 Å². The number of benzene rings is 3. The Labute approximate surface area is 170 Å². The standard InChI is InChI=1S/C22H22N2O4S/c1-17-8-14-21(15-9-17)29(26,27)24(2)20-12-10-19(11-13-20)22(25)23-28-16-18-6-4-3-5-7-18/h3-15H,16H2,1-2H3,(H,23,25). The number of carbonyl (C=O) groups is 1. The van der Waals surface area contributed by atoms with E-state index in [1.54, 1.807) is 48.5 Å². The minimum atomic E-state index is -3.68. The molecule has 7 heteroatoms. The molecular weight excluding hydrogens is 388 g/mol. The van der Waals surface area contributed by atoms with Crippen LogP contribution < -0.4 is 9.79 Å². The van der Waals surface area contributed by atoms with Crippen LogP contribution in [0.1, 0.15) is 21.5 Å². The van der Waals surface area contributed by atoms with E-state index >= 15 is 0 Å². The lowest BCUT2D eigenvalue weighted by atomic mass is 10.2. The van der Waals surface area contributed by atoms with E-state index in [2.05, 4.69) is 5.48 Å². The van der Waals surface area contributed by atoms with Gasteiger partial charge in [0.15, 0.2) is 0 Å². The third-order valence-corrected chi connectivity index (χ3v) is 6.22. The number of hydroxylamine groups is 1. The molecule has 1 amide bonds. The Hall–Kier alpha value is -3.16. The normalized spacial score (nSPS) is 11.1. The van der Waals surface area contributed by atoms with E-state index in [-0.39, 0.29) is 11.5 Å². The van der Waals surface area contributed by atoms with Crippen LogP contribution in [0.25, 0.3) is 0 Å². The van der Waals surface area contributed by atoms with Gasteiger partial charge in [-0.2, -0.15) is 0 Å². The van der Waals surface area contributed by atoms with E-state index in [0.29, 0.717) is 11.3 Å². The summed E-state index contributed by atoms with van der Waals surface area (Å²) in [6, 6.07) is 22.4. The molecule has 1 N–H and O–H groups in total. The molecule has 0 bridgehead atoms. The van der Waals surface area contributed by atoms with Gasteiger partial charge in [0.2, 0.25) is 0 Å². The molecule has 0 fully saturated rings. The fraction of sp³-hybridized carbons (Fsp3) is 0.136. The number of hydrogen-bond acceptors (Lipinski definition) is 4. The molecular formula is C22H22N2O4S. The number of nitrogens with zero attached hydrogens (tertiary/aromatic N) is 1. The van der Waals surface area contributed by atoms with Gasteiger partial charge in [0.05, 0.1) is 17.2 Å². The zero-order valence-corrected chi connectivity index (χ0v) is 17.0. The molecule has 0 aliphatic rings. The molecule has 0 unspecified atom stereocenters. The van der Waals surface area contributed by atoms with Crippen molar-refractivity contribution in [2.75, 3.05) is 11.4 Å². The first kappa shape index (κ1) is 20.6. The molecule has 150 valence electrons. The van der Waals surface area contributed by atoms with Gasteiger partial charge >= 0.3 is 0 Å². The van der Waals surface area contributed by atoms with Crippen molar-refractivity contribution in [3.63, 3.8) is 0 Å². The zero-order chi connectivity index (χ0) is 20.9. The maximum atomic E-state index is 12.8. The average molecular weight is 410 g/mol. The van der Waals surface area contributed by atoms with Crippen LogP contribution in [0, 0.1) is 6.92 Å². The third-order valence-electron chi connectivity index (χ3n) is 4.42. The van der Waals surface area contributed by atoms with Gasteiger partial charge in [0.25, 0.3) is 15.9 Å². The molecule has 0 radical (unpaired) electrons. The predicted octanol–water partition coefficient (Wildman–Crippen LogP) is 3.68. The van der Waals surface area contributed by atoms with Crippen LogP contribution in [-0.2, 0) is 21.5 Å². The molecule has 0 aromatic heterocycles. The second kappa shape index (κ2) is 8.89. The molecule has 3 rings (SSSR count). The summed E-state index contributed by atoms with van der Waals surface area (Å²) in [5.41, 5.74) is 5.12. The SMILES string of the molecule is Cc1ccc(S(=O)(=O)N(C)c2ccc(C(=O)NOCc3ccccc3)cc2)cc1. The van der Waals surface area contributed by atoms with Gasteiger partial charge in [-0.05, 0) is 48.9 Å². The highest BCUT2D eigenvalue weighted by Crippen LogP contribution is 2.22. The third kappa shape index (κ3) is 5.01. The summed E-state index contributed by atoms with van der Waals surface area (Å²) in [5.74, 6) is -0.406. The topological polar surface area (TPSA) is 75.7 Å². The molecule has 29 heavy (non-hydrogen) atoms. The highest BCUT2D eigenvalue weighted by atomic mass is 32.2. The number of hydrogen-bond donors (Lipinski definition) is 1. The van der Waals surface area contributed by atoms with Gasteiger partial charge in [0.1, 0.15) is 0 Å². The molecule has 0 saturated carbocycles. The first-order valence-electron chi connectivity index (χ1n) is 8.99. The van der Waals surface area contributed by atoms with Gasteiger partial charge in [-0.15, -0.1) is 0 Å². The molecule has 0 aliphatic heterocycles. The Morgan fingerprint density at radius 3 is 2.17 bits per heavy atom. The van der Waals surface area contributed by atoms with Gasteiger partial charge in [-0.1, -0.05) is 48.0 Å².